The van der Waals surface area contributed by atoms with E-state index < -0.39 is 21.8 Å². The van der Waals surface area contributed by atoms with Crippen LogP contribution in [0.25, 0.3) is 0 Å². The second-order valence-electron chi connectivity index (χ2n) is 12.6. The first kappa shape index (κ1) is 35.3. The molecule has 2 atom stereocenters. The number of hydrogen-bond acceptors (Lipinski definition) is 8. The first-order chi connectivity index (χ1) is 21.1. The molecule has 3 saturated heterocycles. The van der Waals surface area contributed by atoms with E-state index in [-0.39, 0.29) is 24.2 Å². The summed E-state index contributed by atoms with van der Waals surface area (Å²) >= 11 is 0. The van der Waals surface area contributed by atoms with Crippen LogP contribution in [0.2, 0.25) is 0 Å². The average Bonchev–Trinajstić information content (AvgIpc) is 3.01. The van der Waals surface area contributed by atoms with Crippen LogP contribution < -0.4 is 5.32 Å². The highest BCUT2D eigenvalue weighted by molar-refractivity contribution is 7.88. The number of likely N-dealkylation sites (tertiary alicyclic amines) is 2. The minimum atomic E-state index is -4.35. The Morgan fingerprint density at radius 2 is 1.73 bits per heavy atom. The van der Waals surface area contributed by atoms with E-state index in [9.17, 15) is 26.4 Å². The molecule has 3 aliphatic heterocycles. The van der Waals surface area contributed by atoms with Gasteiger partial charge in [0.1, 0.15) is 17.8 Å². The van der Waals surface area contributed by atoms with Crippen molar-refractivity contribution < 1.29 is 31.1 Å². The molecule has 4 rings (SSSR count). The quantitative estimate of drug-likeness (QED) is 0.386. The van der Waals surface area contributed by atoms with Crippen molar-refractivity contribution in [1.29, 1.82) is 0 Å². The van der Waals surface area contributed by atoms with Crippen LogP contribution in [0.3, 0.4) is 0 Å². The Morgan fingerprint density at radius 3 is 2.36 bits per heavy atom. The molecule has 4 heterocycles. The number of sulfonamides is 1. The third-order valence-corrected chi connectivity index (χ3v) is 10.8. The van der Waals surface area contributed by atoms with Gasteiger partial charge < -0.3 is 19.9 Å². The molecule has 252 valence electrons. The van der Waals surface area contributed by atoms with E-state index in [1.165, 1.54) is 23.0 Å². The predicted molar refractivity (Wildman–Crippen MR) is 167 cm³/mol. The molecule has 45 heavy (non-hydrogen) atoms. The number of anilines is 1. The maximum atomic E-state index is 13.5. The molecule has 1 N–H and O–H groups in total. The molecule has 10 nitrogen and oxygen atoms in total. The Hall–Kier alpha value is -2.55. The fourth-order valence-corrected chi connectivity index (χ4v) is 7.12. The second-order valence-corrected chi connectivity index (χ2v) is 14.6. The number of nitrogens with zero attached hydrogens (tertiary/aromatic N) is 5. The number of halogens is 3. The predicted octanol–water partition coefficient (Wildman–Crippen LogP) is 4.55. The summed E-state index contributed by atoms with van der Waals surface area (Å²) < 4.78 is 70.0. The van der Waals surface area contributed by atoms with Gasteiger partial charge in [0.2, 0.25) is 10.0 Å². The summed E-state index contributed by atoms with van der Waals surface area (Å²) in [6, 6.07) is 0.400. The summed E-state index contributed by atoms with van der Waals surface area (Å²) in [5.41, 5.74) is 1.13. The van der Waals surface area contributed by atoms with Crippen molar-refractivity contribution in [3.05, 3.63) is 40.9 Å². The number of nitrogens with one attached hydrogen (secondary N) is 1. The zero-order valence-electron chi connectivity index (χ0n) is 26.9. The van der Waals surface area contributed by atoms with E-state index in [0.717, 1.165) is 76.6 Å². The van der Waals surface area contributed by atoms with Crippen LogP contribution >= 0.6 is 0 Å². The first-order valence-electron chi connectivity index (χ1n) is 15.7. The molecule has 1 aromatic heterocycles. The minimum Gasteiger partial charge on any atom is -0.369 e. The van der Waals surface area contributed by atoms with Crippen molar-refractivity contribution in [2.24, 2.45) is 0 Å². The van der Waals surface area contributed by atoms with Gasteiger partial charge in [-0.3, -0.25) is 4.79 Å². The molecule has 3 aliphatic rings. The summed E-state index contributed by atoms with van der Waals surface area (Å²) in [5, 5.41) is 3.31. The molecule has 14 heteroatoms. The highest BCUT2D eigenvalue weighted by Gasteiger charge is 2.34. The van der Waals surface area contributed by atoms with Crippen LogP contribution in [0.5, 0.6) is 0 Å². The van der Waals surface area contributed by atoms with Crippen molar-refractivity contribution in [1.82, 2.24) is 24.1 Å². The highest BCUT2D eigenvalue weighted by Crippen LogP contribution is 2.28. The van der Waals surface area contributed by atoms with Crippen molar-refractivity contribution in [3.63, 3.8) is 0 Å². The molecule has 0 bridgehead atoms. The molecule has 0 aliphatic carbocycles. The molecule has 0 spiro atoms. The van der Waals surface area contributed by atoms with Gasteiger partial charge in [-0.25, -0.2) is 22.7 Å². The SMILES string of the molecule is C/C(=C\C=C(/C)C(F)(F)F)[C@@H]1CCC[C@H](CNc2ncnc(C(=O)N3CCC(N4CCC(N(C)S(C)(=O)=O)CC4)CC3)c2C)O1. The van der Waals surface area contributed by atoms with Crippen molar-refractivity contribution >= 4 is 21.7 Å². The molecule has 0 aromatic carbocycles. The molecule has 0 radical (unpaired) electrons. The van der Waals surface area contributed by atoms with Crippen molar-refractivity contribution in [3.8, 4) is 0 Å². The van der Waals surface area contributed by atoms with Gasteiger partial charge in [0.15, 0.2) is 0 Å². The Labute approximate surface area is 265 Å². The molecular weight excluding hydrogens is 609 g/mol. The highest BCUT2D eigenvalue weighted by atomic mass is 32.2. The van der Waals surface area contributed by atoms with Crippen LogP contribution in [-0.4, -0.2) is 115 Å². The van der Waals surface area contributed by atoms with E-state index in [2.05, 4.69) is 20.2 Å². The lowest BCUT2D eigenvalue weighted by Gasteiger charge is -2.43. The molecule has 1 aromatic rings. The van der Waals surface area contributed by atoms with E-state index in [4.69, 9.17) is 4.74 Å². The van der Waals surface area contributed by atoms with Gasteiger partial charge in [0.25, 0.3) is 5.91 Å². The van der Waals surface area contributed by atoms with Crippen LogP contribution in [0.1, 0.15) is 74.8 Å². The Kier molecular flexibility index (Phi) is 11.7. The van der Waals surface area contributed by atoms with Crippen LogP contribution in [0, 0.1) is 6.92 Å². The maximum absolute atomic E-state index is 13.5. The Morgan fingerprint density at radius 1 is 1.07 bits per heavy atom. The van der Waals surface area contributed by atoms with E-state index in [0.29, 0.717) is 42.8 Å². The molecule has 1 amide bonds. The number of alkyl halides is 3. The number of piperidine rings is 2. The topological polar surface area (TPSA) is 108 Å². The number of carbonyl (C=O) groups excluding carboxylic acids is 1. The van der Waals surface area contributed by atoms with Gasteiger partial charge >= 0.3 is 6.18 Å². The second kappa shape index (κ2) is 14.9. The summed E-state index contributed by atoms with van der Waals surface area (Å²) in [6.45, 7) is 8.07. The van der Waals surface area contributed by atoms with Crippen LogP contribution in [0.15, 0.2) is 29.6 Å². The van der Waals surface area contributed by atoms with E-state index in [1.54, 1.807) is 14.0 Å². The minimum absolute atomic E-state index is 0.0342. The monoisotopic (exact) mass is 656 g/mol. The van der Waals surface area contributed by atoms with Gasteiger partial charge in [-0.05, 0) is 84.4 Å². The lowest BCUT2D eigenvalue weighted by Crippen LogP contribution is -2.52. The largest absolute Gasteiger partial charge is 0.412 e. The normalized spacial score (nSPS) is 23.9. The zero-order chi connectivity index (χ0) is 32.9. The van der Waals surface area contributed by atoms with Crippen molar-refractivity contribution in [2.45, 2.75) is 96.2 Å². The number of ether oxygens (including phenoxy) is 1. The third-order valence-electron chi connectivity index (χ3n) is 9.49. The zero-order valence-corrected chi connectivity index (χ0v) is 27.8. The molecule has 3 fully saturated rings. The average molecular weight is 657 g/mol. The van der Waals surface area contributed by atoms with E-state index >= 15 is 0 Å². The lowest BCUT2D eigenvalue weighted by molar-refractivity contribution is -0.0913. The van der Waals surface area contributed by atoms with E-state index in [1.807, 2.05) is 11.8 Å². The standard InChI is InChI=1S/C31H47F3N6O4S/c1-21(9-10-22(2)31(32,33)34)27-8-6-7-26(44-27)19-35-29-23(3)28(36-20-37-29)30(41)40-17-13-25(14-18-40)39-15-11-24(12-16-39)38(4)45(5,42)43/h9-10,20,24-27H,6-8,11-19H2,1-5H3,(H,35,36,37)/b21-9+,22-10+/t26-,27+/m1/s1. The Balaban J connectivity index is 1.28. The number of rotatable bonds is 9. The number of allylic oxidation sites excluding steroid dienone is 3. The number of amides is 1. The molecular formula is C31H47F3N6O4S. The van der Waals surface area contributed by atoms with Gasteiger partial charge in [-0.1, -0.05) is 12.2 Å². The van der Waals surface area contributed by atoms with Gasteiger partial charge in [0.05, 0.1) is 18.5 Å². The summed E-state index contributed by atoms with van der Waals surface area (Å²) in [7, 11) is -1.55. The van der Waals surface area contributed by atoms with Gasteiger partial charge in [-0.15, -0.1) is 0 Å². The van der Waals surface area contributed by atoms with Crippen LogP contribution in [0.4, 0.5) is 19.0 Å². The van der Waals surface area contributed by atoms with Crippen molar-refractivity contribution in [2.75, 3.05) is 51.3 Å². The summed E-state index contributed by atoms with van der Waals surface area (Å²) in [6.07, 6.45) is 6.24. The van der Waals surface area contributed by atoms with Crippen LogP contribution in [-0.2, 0) is 14.8 Å². The van der Waals surface area contributed by atoms with Gasteiger partial charge in [0, 0.05) is 49.9 Å². The fourth-order valence-electron chi connectivity index (χ4n) is 6.37. The smallest absolute Gasteiger partial charge is 0.369 e. The Bertz CT molecular complexity index is 1350. The third kappa shape index (κ3) is 9.26. The fraction of sp³-hybridized carbons (Fsp3) is 0.710. The maximum Gasteiger partial charge on any atom is 0.412 e. The number of hydrogen-bond donors (Lipinski definition) is 1. The molecule has 0 saturated carbocycles. The first-order valence-corrected chi connectivity index (χ1v) is 17.6. The number of aromatic nitrogens is 2. The summed E-state index contributed by atoms with van der Waals surface area (Å²) in [4.78, 5) is 26.4. The lowest BCUT2D eigenvalue weighted by atomic mass is 9.97. The van der Waals surface area contributed by atoms with Gasteiger partial charge in [-0.2, -0.15) is 13.2 Å². The summed E-state index contributed by atoms with van der Waals surface area (Å²) in [5.74, 6) is 0.439. The number of carbonyl (C=O) groups is 1. The molecule has 0 unspecified atom stereocenters.